The van der Waals surface area contributed by atoms with Crippen molar-refractivity contribution in [3.8, 4) is 5.75 Å². The number of hydrogen-bond donors (Lipinski definition) is 2. The Morgan fingerprint density at radius 3 is 2.52 bits per heavy atom. The zero-order valence-corrected chi connectivity index (χ0v) is 13.3. The topological polar surface area (TPSA) is 60.2 Å². The molecule has 0 amide bonds. The van der Waals surface area contributed by atoms with Crippen molar-refractivity contribution >= 4 is 23.0 Å². The summed E-state index contributed by atoms with van der Waals surface area (Å²) >= 11 is 5.13. The fraction of sp³-hybridized carbons (Fsp3) is 0.250. The molecule has 0 unspecified atom stereocenters. The van der Waals surface area contributed by atoms with Gasteiger partial charge < -0.3 is 15.8 Å². The molecular formula is C16H19N3OS. The number of nitrogens with zero attached hydrogens (tertiary/aromatic N) is 1. The van der Waals surface area contributed by atoms with Crippen molar-refractivity contribution in [3.05, 3.63) is 52.7 Å². The van der Waals surface area contributed by atoms with Gasteiger partial charge in [0.25, 0.3) is 0 Å². The molecule has 1 heterocycles. The molecular weight excluding hydrogens is 282 g/mol. The molecule has 1 aromatic heterocycles. The summed E-state index contributed by atoms with van der Waals surface area (Å²) in [5.41, 5.74) is 9.72. The molecule has 21 heavy (non-hydrogen) atoms. The van der Waals surface area contributed by atoms with Crippen LogP contribution in [0.1, 0.15) is 22.4 Å². The molecule has 0 fully saturated rings. The highest BCUT2D eigenvalue weighted by Gasteiger charge is 2.11. The first-order valence-corrected chi connectivity index (χ1v) is 7.07. The number of benzene rings is 1. The molecule has 1 aromatic carbocycles. The van der Waals surface area contributed by atoms with E-state index in [1.807, 2.05) is 44.2 Å². The van der Waals surface area contributed by atoms with Gasteiger partial charge in [0.15, 0.2) is 0 Å². The molecule has 0 saturated heterocycles. The van der Waals surface area contributed by atoms with Crippen LogP contribution >= 0.6 is 12.2 Å². The Labute approximate surface area is 130 Å². The standard InChI is InChI=1S/C16H19N3OS/c1-10-8-11(2)19-16(14(10)15(17)21)18-9-12-4-6-13(20-3)7-5-12/h4-8H,9H2,1-3H3,(H2,17,21)(H,18,19). The molecule has 4 nitrogen and oxygen atoms in total. The Balaban J connectivity index is 2.20. The Hall–Kier alpha value is -2.14. The Bertz CT molecular complexity index is 653. The lowest BCUT2D eigenvalue weighted by atomic mass is 10.1. The number of pyridine rings is 1. The molecule has 0 spiro atoms. The van der Waals surface area contributed by atoms with Gasteiger partial charge in [0.1, 0.15) is 16.6 Å². The van der Waals surface area contributed by atoms with Gasteiger partial charge in [-0.3, -0.25) is 0 Å². The van der Waals surface area contributed by atoms with Crippen LogP contribution in [0.15, 0.2) is 30.3 Å². The van der Waals surface area contributed by atoms with Crippen LogP contribution in [-0.4, -0.2) is 17.1 Å². The number of anilines is 1. The molecule has 0 aliphatic carbocycles. The highest BCUT2D eigenvalue weighted by molar-refractivity contribution is 7.80. The van der Waals surface area contributed by atoms with E-state index in [0.717, 1.165) is 34.0 Å². The minimum absolute atomic E-state index is 0.359. The van der Waals surface area contributed by atoms with Gasteiger partial charge in [-0.15, -0.1) is 0 Å². The van der Waals surface area contributed by atoms with Gasteiger partial charge in [-0.25, -0.2) is 4.98 Å². The largest absolute Gasteiger partial charge is 0.497 e. The Kier molecular flexibility index (Phi) is 4.75. The number of methoxy groups -OCH3 is 1. The fourth-order valence-electron chi connectivity index (χ4n) is 2.20. The van der Waals surface area contributed by atoms with Crippen LogP contribution in [0.4, 0.5) is 5.82 Å². The van der Waals surface area contributed by atoms with E-state index < -0.39 is 0 Å². The Morgan fingerprint density at radius 1 is 1.29 bits per heavy atom. The molecule has 5 heteroatoms. The predicted octanol–water partition coefficient (Wildman–Crippen LogP) is 2.95. The average Bonchev–Trinajstić information content (AvgIpc) is 2.44. The van der Waals surface area contributed by atoms with Gasteiger partial charge >= 0.3 is 0 Å². The molecule has 0 saturated carbocycles. The third kappa shape index (κ3) is 3.70. The van der Waals surface area contributed by atoms with Gasteiger partial charge in [0.05, 0.1) is 12.7 Å². The van der Waals surface area contributed by atoms with Crippen LogP contribution in [-0.2, 0) is 6.54 Å². The van der Waals surface area contributed by atoms with E-state index in [9.17, 15) is 0 Å². The first-order valence-electron chi connectivity index (χ1n) is 6.66. The van der Waals surface area contributed by atoms with Crippen molar-refractivity contribution in [1.29, 1.82) is 0 Å². The normalized spacial score (nSPS) is 10.2. The second kappa shape index (κ2) is 6.54. The van der Waals surface area contributed by atoms with E-state index >= 15 is 0 Å². The summed E-state index contributed by atoms with van der Waals surface area (Å²) in [4.78, 5) is 4.86. The predicted molar refractivity (Wildman–Crippen MR) is 89.9 cm³/mol. The van der Waals surface area contributed by atoms with Crippen LogP contribution in [0, 0.1) is 13.8 Å². The summed E-state index contributed by atoms with van der Waals surface area (Å²) in [5.74, 6) is 1.57. The van der Waals surface area contributed by atoms with Gasteiger partial charge in [0.2, 0.25) is 0 Å². The SMILES string of the molecule is COc1ccc(CNc2nc(C)cc(C)c2C(N)=S)cc1. The molecule has 0 aliphatic heterocycles. The molecule has 0 aliphatic rings. The first-order chi connectivity index (χ1) is 10.0. The molecule has 0 atom stereocenters. The van der Waals surface area contributed by atoms with E-state index in [0.29, 0.717) is 11.5 Å². The molecule has 110 valence electrons. The fourth-order valence-corrected chi connectivity index (χ4v) is 2.46. The van der Waals surface area contributed by atoms with E-state index in [4.69, 9.17) is 22.7 Å². The number of aryl methyl sites for hydroxylation is 2. The van der Waals surface area contributed by atoms with Gasteiger partial charge in [-0.2, -0.15) is 0 Å². The van der Waals surface area contributed by atoms with Crippen LogP contribution in [0.3, 0.4) is 0 Å². The summed E-state index contributed by atoms with van der Waals surface area (Å²) in [6.45, 7) is 4.59. The minimum Gasteiger partial charge on any atom is -0.497 e. The van der Waals surface area contributed by atoms with E-state index in [1.165, 1.54) is 0 Å². The lowest BCUT2D eigenvalue weighted by Crippen LogP contribution is -2.16. The van der Waals surface area contributed by atoms with Crippen molar-refractivity contribution in [1.82, 2.24) is 4.98 Å². The zero-order valence-electron chi connectivity index (χ0n) is 12.4. The average molecular weight is 301 g/mol. The quantitative estimate of drug-likeness (QED) is 0.832. The zero-order chi connectivity index (χ0) is 15.4. The third-order valence-corrected chi connectivity index (χ3v) is 3.41. The van der Waals surface area contributed by atoms with Crippen LogP contribution in [0.2, 0.25) is 0 Å². The highest BCUT2D eigenvalue weighted by atomic mass is 32.1. The summed E-state index contributed by atoms with van der Waals surface area (Å²) in [7, 11) is 1.65. The monoisotopic (exact) mass is 301 g/mol. The van der Waals surface area contributed by atoms with E-state index in [2.05, 4.69) is 10.3 Å². The minimum atomic E-state index is 0.359. The van der Waals surface area contributed by atoms with Crippen molar-refractivity contribution < 1.29 is 4.74 Å². The van der Waals surface area contributed by atoms with Crippen LogP contribution in [0.25, 0.3) is 0 Å². The molecule has 2 rings (SSSR count). The number of thiocarbonyl (C=S) groups is 1. The van der Waals surface area contributed by atoms with E-state index in [1.54, 1.807) is 7.11 Å². The second-order valence-corrected chi connectivity index (χ2v) is 5.31. The second-order valence-electron chi connectivity index (χ2n) is 4.87. The molecule has 3 N–H and O–H groups in total. The van der Waals surface area contributed by atoms with Crippen LogP contribution in [0.5, 0.6) is 5.75 Å². The van der Waals surface area contributed by atoms with Crippen LogP contribution < -0.4 is 15.8 Å². The number of hydrogen-bond acceptors (Lipinski definition) is 4. The van der Waals surface area contributed by atoms with E-state index in [-0.39, 0.29) is 0 Å². The third-order valence-electron chi connectivity index (χ3n) is 3.21. The number of nitrogens with two attached hydrogens (primary N) is 1. The van der Waals surface area contributed by atoms with Crippen molar-refractivity contribution in [2.75, 3.05) is 12.4 Å². The number of aromatic nitrogens is 1. The Morgan fingerprint density at radius 2 is 1.95 bits per heavy atom. The summed E-state index contributed by atoms with van der Waals surface area (Å²) in [5, 5.41) is 3.31. The summed E-state index contributed by atoms with van der Waals surface area (Å²) in [6, 6.07) is 9.86. The molecule has 0 bridgehead atoms. The van der Waals surface area contributed by atoms with Gasteiger partial charge in [0, 0.05) is 12.2 Å². The summed E-state index contributed by atoms with van der Waals surface area (Å²) in [6.07, 6.45) is 0. The molecule has 2 aromatic rings. The molecule has 0 radical (unpaired) electrons. The maximum Gasteiger partial charge on any atom is 0.137 e. The van der Waals surface area contributed by atoms with Gasteiger partial charge in [-0.1, -0.05) is 24.4 Å². The number of ether oxygens (including phenoxy) is 1. The summed E-state index contributed by atoms with van der Waals surface area (Å²) < 4.78 is 5.15. The maximum atomic E-state index is 5.81. The number of nitrogens with one attached hydrogen (secondary N) is 1. The number of rotatable bonds is 5. The smallest absolute Gasteiger partial charge is 0.137 e. The van der Waals surface area contributed by atoms with Crippen molar-refractivity contribution in [2.24, 2.45) is 5.73 Å². The maximum absolute atomic E-state index is 5.81. The lowest BCUT2D eigenvalue weighted by molar-refractivity contribution is 0.414. The first kappa shape index (κ1) is 15.3. The van der Waals surface area contributed by atoms with Gasteiger partial charge in [-0.05, 0) is 43.2 Å². The van der Waals surface area contributed by atoms with Crippen molar-refractivity contribution in [2.45, 2.75) is 20.4 Å². The van der Waals surface area contributed by atoms with Crippen molar-refractivity contribution in [3.63, 3.8) is 0 Å². The lowest BCUT2D eigenvalue weighted by Gasteiger charge is -2.14. The highest BCUT2D eigenvalue weighted by Crippen LogP contribution is 2.20.